The van der Waals surface area contributed by atoms with E-state index >= 15 is 0 Å². The molecule has 0 aliphatic heterocycles. The van der Waals surface area contributed by atoms with E-state index in [-0.39, 0.29) is 56.1 Å². The predicted octanol–water partition coefficient (Wildman–Crippen LogP) is -2.80. The molecule has 0 aliphatic rings. The number of hydrogen-bond donors (Lipinski definition) is 0. The van der Waals surface area contributed by atoms with Crippen LogP contribution in [0.3, 0.4) is 0 Å². The zero-order valence-corrected chi connectivity index (χ0v) is 16.6. The van der Waals surface area contributed by atoms with E-state index in [1.54, 1.807) is 18.5 Å². The second-order valence-electron chi connectivity index (χ2n) is 2.73. The van der Waals surface area contributed by atoms with Gasteiger partial charge in [0.2, 0.25) is 5.95 Å². The molecule has 0 aliphatic carbocycles. The van der Waals surface area contributed by atoms with Crippen LogP contribution in [0.5, 0.6) is 0 Å². The molecule has 0 radical (unpaired) electrons. The second-order valence-corrected chi connectivity index (χ2v) is 4.67. The summed E-state index contributed by atoms with van der Waals surface area (Å²) >= 11 is 8.36. The van der Waals surface area contributed by atoms with Crippen LogP contribution in [0.4, 0.5) is 4.39 Å². The molecule has 10 heteroatoms. The molecule has 0 amide bonds. The van der Waals surface area contributed by atoms with Gasteiger partial charge in [-0.05, 0) is 18.6 Å². The molecule has 0 N–H and O–H groups in total. The summed E-state index contributed by atoms with van der Waals surface area (Å²) < 4.78 is 12.2. The van der Waals surface area contributed by atoms with Crippen molar-refractivity contribution in [3.05, 3.63) is 35.6 Å². The van der Waals surface area contributed by atoms with Gasteiger partial charge >= 0.3 is 51.4 Å². The Morgan fingerprint density at radius 1 is 1.00 bits per heavy atom. The Bertz CT molecular complexity index is 465. The van der Waals surface area contributed by atoms with Crippen molar-refractivity contribution in [1.29, 1.82) is 0 Å². The topological polar surface area (TPSA) is 51.6 Å². The van der Waals surface area contributed by atoms with Crippen LogP contribution in [-0.2, 0) is 0 Å². The Morgan fingerprint density at radius 2 is 1.50 bits per heavy atom. The van der Waals surface area contributed by atoms with E-state index in [4.69, 9.17) is 11.6 Å². The van der Waals surface area contributed by atoms with Gasteiger partial charge in [-0.15, -0.1) is 0 Å². The zero-order chi connectivity index (χ0) is 13.4. The maximum Gasteiger partial charge on any atom is 1.00 e. The summed E-state index contributed by atoms with van der Waals surface area (Å²) in [5.41, 5.74) is 0. The van der Waals surface area contributed by atoms with Gasteiger partial charge in [-0.25, -0.2) is 15.0 Å². The fourth-order valence-electron chi connectivity index (χ4n) is 0.837. The third kappa shape index (κ3) is 9.56. The minimum Gasteiger partial charge on any atom is -1.00 e. The van der Waals surface area contributed by atoms with E-state index in [1.165, 1.54) is 35.8 Å². The van der Waals surface area contributed by atoms with Gasteiger partial charge in [-0.1, -0.05) is 35.1 Å². The Morgan fingerprint density at radius 3 is 1.85 bits per heavy atom. The summed E-state index contributed by atoms with van der Waals surface area (Å²) in [5.74, 6) is -0.477. The van der Waals surface area contributed by atoms with Gasteiger partial charge in [0, 0.05) is 18.5 Å². The molecule has 104 valence electrons. The predicted molar refractivity (Wildman–Crippen MR) is 72.6 cm³/mol. The number of hydrogen-bond acceptors (Lipinski definition) is 6. The van der Waals surface area contributed by atoms with Crippen LogP contribution in [0.15, 0.2) is 34.8 Å². The van der Waals surface area contributed by atoms with E-state index in [0.29, 0.717) is 15.5 Å². The molecule has 0 atom stereocenters. The first-order valence-corrected chi connectivity index (χ1v) is 7.53. The van der Waals surface area contributed by atoms with Crippen LogP contribution in [0.1, 0.15) is 0 Å². The molecule has 0 bridgehead atoms. The van der Waals surface area contributed by atoms with Crippen molar-refractivity contribution < 1.29 is 60.5 Å². The second kappa shape index (κ2) is 13.3. The Hall–Kier alpha value is 0.646. The van der Waals surface area contributed by atoms with Gasteiger partial charge in [-0.3, -0.25) is 0 Å². The van der Waals surface area contributed by atoms with E-state index < -0.39 is 5.95 Å². The van der Waals surface area contributed by atoms with Crippen LogP contribution in [0.2, 0.25) is 5.15 Å². The fourth-order valence-corrected chi connectivity index (χ4v) is 1.72. The Balaban J connectivity index is 0. The molecule has 0 aromatic carbocycles. The van der Waals surface area contributed by atoms with E-state index in [9.17, 15) is 4.39 Å². The average Bonchev–Trinajstić information content (AvgIpc) is 2.39. The SMILES string of the molecule is CSc1nccc(Cl)n1.CSc1nccc(F)n1.[F-].[K+]. The largest absolute Gasteiger partial charge is 1.00 e. The Labute approximate surface area is 171 Å². The molecule has 0 saturated heterocycles. The van der Waals surface area contributed by atoms with Gasteiger partial charge in [0.1, 0.15) is 5.15 Å². The van der Waals surface area contributed by atoms with E-state index in [0.717, 1.165) is 0 Å². The molecule has 2 rings (SSSR count). The number of rotatable bonds is 2. The quantitative estimate of drug-likeness (QED) is 0.249. The van der Waals surface area contributed by atoms with Crippen molar-refractivity contribution >= 4 is 35.1 Å². The summed E-state index contributed by atoms with van der Waals surface area (Å²) in [4.78, 5) is 15.1. The first-order chi connectivity index (χ1) is 8.65. The van der Waals surface area contributed by atoms with Crippen molar-refractivity contribution in [2.45, 2.75) is 10.3 Å². The third-order valence-corrected chi connectivity index (χ3v) is 2.90. The van der Waals surface area contributed by atoms with Crippen LogP contribution in [0, 0.1) is 5.95 Å². The van der Waals surface area contributed by atoms with Crippen LogP contribution in [-0.4, -0.2) is 32.4 Å². The van der Waals surface area contributed by atoms with E-state index in [1.807, 2.05) is 6.26 Å². The molecule has 2 heterocycles. The smallest absolute Gasteiger partial charge is 1.00 e. The summed E-state index contributed by atoms with van der Waals surface area (Å²) in [6.07, 6.45) is 6.75. The average molecular weight is 363 g/mol. The molecule has 0 spiro atoms. The van der Waals surface area contributed by atoms with Crippen molar-refractivity contribution in [3.63, 3.8) is 0 Å². The van der Waals surface area contributed by atoms with Crippen molar-refractivity contribution in [3.8, 4) is 0 Å². The standard InChI is InChI=1S/C5H5ClN2S.C5H5FN2S.FH.K/c2*1-9-5-7-3-2-4(6)8-5;;/h2*2-3H,1H3;1H;/q;;;+1/p-1. The molecule has 2 aromatic heterocycles. The Kier molecular flexibility index (Phi) is 15.3. The molecular weight excluding hydrogens is 353 g/mol. The number of thioether (sulfide) groups is 2. The number of nitrogens with zero attached hydrogens (tertiary/aromatic N) is 4. The maximum atomic E-state index is 12.2. The first-order valence-electron chi connectivity index (χ1n) is 4.70. The first kappa shape index (κ1) is 22.9. The molecule has 0 saturated carbocycles. The summed E-state index contributed by atoms with van der Waals surface area (Å²) in [6, 6.07) is 2.88. The van der Waals surface area contributed by atoms with Crippen molar-refractivity contribution in [2.75, 3.05) is 12.5 Å². The van der Waals surface area contributed by atoms with Gasteiger partial charge in [0.25, 0.3) is 0 Å². The monoisotopic (exact) mass is 362 g/mol. The molecule has 2 aromatic rings. The van der Waals surface area contributed by atoms with E-state index in [2.05, 4.69) is 19.9 Å². The fraction of sp³-hybridized carbons (Fsp3) is 0.200. The minimum absolute atomic E-state index is 0. The van der Waals surface area contributed by atoms with Gasteiger partial charge in [0.15, 0.2) is 10.3 Å². The van der Waals surface area contributed by atoms with Crippen LogP contribution in [0.25, 0.3) is 0 Å². The minimum atomic E-state index is -0.477. The summed E-state index contributed by atoms with van der Waals surface area (Å²) in [5, 5.41) is 1.67. The van der Waals surface area contributed by atoms with Crippen molar-refractivity contribution in [1.82, 2.24) is 19.9 Å². The van der Waals surface area contributed by atoms with Gasteiger partial charge < -0.3 is 4.70 Å². The normalized spacial score (nSPS) is 8.60. The third-order valence-electron chi connectivity index (χ3n) is 1.56. The van der Waals surface area contributed by atoms with Gasteiger partial charge in [-0.2, -0.15) is 9.37 Å². The summed E-state index contributed by atoms with van der Waals surface area (Å²) in [6.45, 7) is 0. The zero-order valence-electron chi connectivity index (χ0n) is 11.0. The molecule has 4 nitrogen and oxygen atoms in total. The summed E-state index contributed by atoms with van der Waals surface area (Å²) in [7, 11) is 0. The van der Waals surface area contributed by atoms with Crippen molar-refractivity contribution in [2.24, 2.45) is 0 Å². The molecule has 0 fully saturated rings. The van der Waals surface area contributed by atoms with Crippen LogP contribution >= 0.6 is 35.1 Å². The molecule has 20 heavy (non-hydrogen) atoms. The van der Waals surface area contributed by atoms with Crippen LogP contribution < -0.4 is 56.1 Å². The number of halogens is 3. The number of aromatic nitrogens is 4. The molecular formula is C10H10ClF2KN4S2. The van der Waals surface area contributed by atoms with Gasteiger partial charge in [0.05, 0.1) is 0 Å². The maximum absolute atomic E-state index is 12.2. The molecule has 0 unspecified atom stereocenters.